The van der Waals surface area contributed by atoms with Crippen LogP contribution in [0.25, 0.3) is 0 Å². The molecule has 2 aromatic heterocycles. The zero-order valence-electron chi connectivity index (χ0n) is 15.5. The lowest BCUT2D eigenvalue weighted by Crippen LogP contribution is -2.38. The normalized spacial score (nSPS) is 24.7. The molecule has 1 saturated heterocycles. The maximum atomic E-state index is 13.5. The van der Waals surface area contributed by atoms with Gasteiger partial charge < -0.3 is 10.2 Å². The molecule has 4 rings (SSSR count). The largest absolute Gasteiger partial charge is 0.410 e. The molecule has 1 N–H and O–H groups in total. The summed E-state index contributed by atoms with van der Waals surface area (Å²) >= 11 is 0. The first-order valence-corrected chi connectivity index (χ1v) is 9.48. The second-order valence-corrected chi connectivity index (χ2v) is 7.41. The third-order valence-corrected chi connectivity index (χ3v) is 5.60. The van der Waals surface area contributed by atoms with Crippen LogP contribution in [0.2, 0.25) is 0 Å². The van der Waals surface area contributed by atoms with Gasteiger partial charge in [-0.05, 0) is 31.4 Å². The molecule has 0 aliphatic carbocycles. The van der Waals surface area contributed by atoms with Crippen molar-refractivity contribution in [3.05, 3.63) is 41.9 Å². The van der Waals surface area contributed by atoms with E-state index in [0.717, 1.165) is 4.68 Å². The Balaban J connectivity index is 1.54. The lowest BCUT2D eigenvalue weighted by Gasteiger charge is -2.32. The van der Waals surface area contributed by atoms with Gasteiger partial charge in [0.1, 0.15) is 5.82 Å². The Kier molecular flexibility index (Phi) is 4.76. The number of aromatic nitrogens is 3. The Morgan fingerprint density at radius 2 is 2.07 bits per heavy atom. The first-order chi connectivity index (χ1) is 13.4. The average molecular weight is 393 g/mol. The molecule has 0 radical (unpaired) electrons. The number of rotatable bonds is 3. The maximum absolute atomic E-state index is 13.5. The van der Waals surface area contributed by atoms with E-state index in [0.29, 0.717) is 43.0 Å². The summed E-state index contributed by atoms with van der Waals surface area (Å²) in [5, 5.41) is 7.47. The minimum atomic E-state index is -4.34. The molecule has 0 spiro atoms. The molecule has 4 heterocycles. The zero-order valence-corrected chi connectivity index (χ0v) is 15.5. The van der Waals surface area contributed by atoms with Crippen LogP contribution in [0.1, 0.15) is 54.2 Å². The fraction of sp³-hybridized carbons (Fsp3) is 0.526. The Hall–Kier alpha value is -2.58. The van der Waals surface area contributed by atoms with Crippen LogP contribution in [0.5, 0.6) is 0 Å². The van der Waals surface area contributed by atoms with Crippen LogP contribution in [-0.4, -0.2) is 50.9 Å². The number of alkyl halides is 3. The molecule has 0 aromatic carbocycles. The minimum Gasteiger partial charge on any atom is -0.367 e. The van der Waals surface area contributed by atoms with E-state index in [2.05, 4.69) is 15.4 Å². The standard InChI is InChI=1S/C19H22F3N5O/c1-2-14-9-16(19(20,21)22)27-17(24-14)10-15(25-27)13-5-8-26(11-13)18(28)12-3-6-23-7-4-12/h3-4,6-7,10,13-14,16,24H,2,5,8-9,11H2,1H3/t13?,14-,16-/m1/s1. The smallest absolute Gasteiger partial charge is 0.367 e. The number of nitrogens with zero attached hydrogens (tertiary/aromatic N) is 4. The topological polar surface area (TPSA) is 63.1 Å². The van der Waals surface area contributed by atoms with E-state index in [-0.39, 0.29) is 24.3 Å². The van der Waals surface area contributed by atoms with E-state index < -0.39 is 12.2 Å². The molecule has 6 nitrogen and oxygen atoms in total. The van der Waals surface area contributed by atoms with Crippen molar-refractivity contribution in [1.82, 2.24) is 19.7 Å². The van der Waals surface area contributed by atoms with Crippen LogP contribution >= 0.6 is 0 Å². The quantitative estimate of drug-likeness (QED) is 0.866. The number of hydrogen-bond acceptors (Lipinski definition) is 4. The highest BCUT2D eigenvalue weighted by atomic mass is 19.4. The molecule has 1 fully saturated rings. The molecule has 2 aliphatic heterocycles. The van der Waals surface area contributed by atoms with Gasteiger partial charge in [-0.1, -0.05) is 6.92 Å². The lowest BCUT2D eigenvalue weighted by molar-refractivity contribution is -0.173. The second-order valence-electron chi connectivity index (χ2n) is 7.41. The molecular weight excluding hydrogens is 371 g/mol. The first-order valence-electron chi connectivity index (χ1n) is 9.48. The predicted octanol–water partition coefficient (Wildman–Crippen LogP) is 3.61. The van der Waals surface area contributed by atoms with Crippen molar-refractivity contribution in [2.45, 2.75) is 50.4 Å². The Labute approximate surface area is 160 Å². The van der Waals surface area contributed by atoms with Crippen molar-refractivity contribution < 1.29 is 18.0 Å². The number of likely N-dealkylation sites (tertiary alicyclic amines) is 1. The van der Waals surface area contributed by atoms with Gasteiger partial charge in [-0.15, -0.1) is 0 Å². The fourth-order valence-corrected chi connectivity index (χ4v) is 4.00. The van der Waals surface area contributed by atoms with Gasteiger partial charge in [0, 0.05) is 49.1 Å². The van der Waals surface area contributed by atoms with Crippen molar-refractivity contribution >= 4 is 11.7 Å². The molecule has 1 unspecified atom stereocenters. The predicted molar refractivity (Wildman–Crippen MR) is 97.1 cm³/mol. The second kappa shape index (κ2) is 7.10. The number of pyridine rings is 1. The summed E-state index contributed by atoms with van der Waals surface area (Å²) in [4.78, 5) is 18.2. The van der Waals surface area contributed by atoms with E-state index in [4.69, 9.17) is 0 Å². The van der Waals surface area contributed by atoms with E-state index in [1.54, 1.807) is 35.5 Å². The molecule has 1 amide bonds. The Morgan fingerprint density at radius 1 is 1.32 bits per heavy atom. The minimum absolute atomic E-state index is 0.0224. The molecular formula is C19H22F3N5O. The summed E-state index contributed by atoms with van der Waals surface area (Å²) in [6.07, 6.45) is 0.0680. The number of fused-ring (bicyclic) bond motifs is 1. The fourth-order valence-electron chi connectivity index (χ4n) is 4.00. The zero-order chi connectivity index (χ0) is 19.9. The summed E-state index contributed by atoms with van der Waals surface area (Å²) in [5.74, 6) is 0.250. The van der Waals surface area contributed by atoms with Crippen LogP contribution in [0, 0.1) is 0 Å². The van der Waals surface area contributed by atoms with Gasteiger partial charge in [-0.2, -0.15) is 18.3 Å². The number of anilines is 1. The van der Waals surface area contributed by atoms with Gasteiger partial charge in [0.25, 0.3) is 5.91 Å². The van der Waals surface area contributed by atoms with Gasteiger partial charge in [0.15, 0.2) is 6.04 Å². The summed E-state index contributed by atoms with van der Waals surface area (Å²) < 4.78 is 41.7. The molecule has 2 aromatic rings. The summed E-state index contributed by atoms with van der Waals surface area (Å²) in [5.41, 5.74) is 1.17. The molecule has 3 atom stereocenters. The van der Waals surface area contributed by atoms with Gasteiger partial charge in [-0.25, -0.2) is 4.68 Å². The van der Waals surface area contributed by atoms with Gasteiger partial charge >= 0.3 is 6.18 Å². The molecule has 0 bridgehead atoms. The van der Waals surface area contributed by atoms with Crippen molar-refractivity contribution in [2.75, 3.05) is 18.4 Å². The number of hydrogen-bond donors (Lipinski definition) is 1. The van der Waals surface area contributed by atoms with Crippen molar-refractivity contribution in [3.63, 3.8) is 0 Å². The van der Waals surface area contributed by atoms with E-state index in [1.807, 2.05) is 6.92 Å². The Bertz CT molecular complexity index is 851. The maximum Gasteiger partial charge on any atom is 0.410 e. The van der Waals surface area contributed by atoms with Crippen LogP contribution < -0.4 is 5.32 Å². The van der Waals surface area contributed by atoms with E-state index in [9.17, 15) is 18.0 Å². The number of carbonyl (C=O) groups excluding carboxylic acids is 1. The molecule has 28 heavy (non-hydrogen) atoms. The highest BCUT2D eigenvalue weighted by molar-refractivity contribution is 5.94. The first kappa shape index (κ1) is 18.8. The van der Waals surface area contributed by atoms with E-state index >= 15 is 0 Å². The average Bonchev–Trinajstić information content (AvgIpc) is 3.33. The SMILES string of the molecule is CC[C@@H]1C[C@H](C(F)(F)F)n2nc(C3CCN(C(=O)c4ccncc4)C3)cc2N1. The van der Waals surface area contributed by atoms with Crippen molar-refractivity contribution in [2.24, 2.45) is 0 Å². The number of nitrogens with one attached hydrogen (secondary N) is 1. The number of amides is 1. The molecule has 2 aliphatic rings. The van der Waals surface area contributed by atoms with Crippen LogP contribution in [0.3, 0.4) is 0 Å². The summed E-state index contributed by atoms with van der Waals surface area (Å²) in [6.45, 7) is 2.88. The Morgan fingerprint density at radius 3 is 2.75 bits per heavy atom. The molecule has 0 saturated carbocycles. The van der Waals surface area contributed by atoms with Crippen molar-refractivity contribution in [3.8, 4) is 0 Å². The lowest BCUT2D eigenvalue weighted by atomic mass is 10.0. The van der Waals surface area contributed by atoms with Crippen LogP contribution in [0.4, 0.5) is 19.0 Å². The third kappa shape index (κ3) is 3.45. The van der Waals surface area contributed by atoms with Gasteiger partial charge in [0.2, 0.25) is 0 Å². The molecule has 9 heteroatoms. The van der Waals surface area contributed by atoms with Crippen LogP contribution in [-0.2, 0) is 0 Å². The van der Waals surface area contributed by atoms with Gasteiger partial charge in [0.05, 0.1) is 5.69 Å². The van der Waals surface area contributed by atoms with E-state index in [1.165, 1.54) is 0 Å². The van der Waals surface area contributed by atoms with Gasteiger partial charge in [-0.3, -0.25) is 9.78 Å². The monoisotopic (exact) mass is 393 g/mol. The highest BCUT2D eigenvalue weighted by Crippen LogP contribution is 2.41. The molecule has 150 valence electrons. The van der Waals surface area contributed by atoms with Crippen LogP contribution in [0.15, 0.2) is 30.6 Å². The van der Waals surface area contributed by atoms with Crippen molar-refractivity contribution in [1.29, 1.82) is 0 Å². The summed E-state index contributed by atoms with van der Waals surface area (Å²) in [6, 6.07) is 3.20. The summed E-state index contributed by atoms with van der Waals surface area (Å²) in [7, 11) is 0. The highest BCUT2D eigenvalue weighted by Gasteiger charge is 2.46. The number of carbonyl (C=O) groups is 1. The number of halogens is 3. The third-order valence-electron chi connectivity index (χ3n) is 5.60.